The summed E-state index contributed by atoms with van der Waals surface area (Å²) >= 11 is 0. The van der Waals surface area contributed by atoms with E-state index in [2.05, 4.69) is 14.7 Å². The number of hydrogen-bond acceptors (Lipinski definition) is 4. The standard InChI is InChI=1S/C18H26N4O2S/c1-18(2,3)25(23,24)22-15-8-6-13(7-9-15)17-20-12-16(21-17)14-5-4-10-19-11-14/h4-5,10-13,15,22H,6-9H2,1-3H3,(H,20,21)/t13-,15-. The first kappa shape index (κ1) is 18.1. The molecule has 0 unspecified atom stereocenters. The molecule has 136 valence electrons. The lowest BCUT2D eigenvalue weighted by Crippen LogP contribution is -2.45. The Kier molecular flexibility index (Phi) is 4.97. The first-order valence-corrected chi connectivity index (χ1v) is 10.2. The van der Waals surface area contributed by atoms with Gasteiger partial charge in [0.15, 0.2) is 0 Å². The lowest BCUT2D eigenvalue weighted by atomic mass is 9.86. The highest BCUT2D eigenvalue weighted by atomic mass is 32.2. The Morgan fingerprint density at radius 2 is 1.92 bits per heavy atom. The molecule has 1 aliphatic carbocycles. The van der Waals surface area contributed by atoms with Crippen molar-refractivity contribution in [1.29, 1.82) is 0 Å². The third-order valence-corrected chi connectivity index (χ3v) is 7.05. The molecule has 0 amide bonds. The number of aromatic nitrogens is 3. The normalized spacial score (nSPS) is 22.0. The van der Waals surface area contributed by atoms with E-state index in [1.807, 2.05) is 18.3 Å². The Bertz CT molecular complexity index is 801. The van der Waals surface area contributed by atoms with Crippen LogP contribution in [0.2, 0.25) is 0 Å². The molecule has 0 bridgehead atoms. The van der Waals surface area contributed by atoms with Gasteiger partial charge in [0.2, 0.25) is 10.0 Å². The Hall–Kier alpha value is -1.73. The topological polar surface area (TPSA) is 87.7 Å². The van der Waals surface area contributed by atoms with E-state index < -0.39 is 14.8 Å². The fraction of sp³-hybridized carbons (Fsp3) is 0.556. The van der Waals surface area contributed by atoms with E-state index in [-0.39, 0.29) is 6.04 Å². The van der Waals surface area contributed by atoms with Crippen LogP contribution < -0.4 is 4.72 Å². The number of H-pyrrole nitrogens is 1. The van der Waals surface area contributed by atoms with Gasteiger partial charge >= 0.3 is 0 Å². The Morgan fingerprint density at radius 3 is 2.52 bits per heavy atom. The van der Waals surface area contributed by atoms with Crippen molar-refractivity contribution in [3.8, 4) is 11.3 Å². The molecule has 7 heteroatoms. The largest absolute Gasteiger partial charge is 0.348 e. The molecule has 3 rings (SSSR count). The van der Waals surface area contributed by atoms with Gasteiger partial charge in [-0.1, -0.05) is 0 Å². The molecule has 6 nitrogen and oxygen atoms in total. The number of nitrogens with zero attached hydrogens (tertiary/aromatic N) is 2. The van der Waals surface area contributed by atoms with E-state index in [0.29, 0.717) is 5.92 Å². The van der Waals surface area contributed by atoms with Crippen molar-refractivity contribution in [1.82, 2.24) is 19.7 Å². The van der Waals surface area contributed by atoms with Crippen LogP contribution in [0.1, 0.15) is 58.2 Å². The predicted octanol–water partition coefficient (Wildman–Crippen LogP) is 3.22. The molecule has 0 spiro atoms. The molecule has 0 atom stereocenters. The van der Waals surface area contributed by atoms with Crippen molar-refractivity contribution in [2.45, 2.75) is 63.2 Å². The highest BCUT2D eigenvalue weighted by Crippen LogP contribution is 2.33. The van der Waals surface area contributed by atoms with Crippen molar-refractivity contribution in [2.75, 3.05) is 0 Å². The summed E-state index contributed by atoms with van der Waals surface area (Å²) in [7, 11) is -3.29. The summed E-state index contributed by atoms with van der Waals surface area (Å²) in [4.78, 5) is 12.1. The van der Waals surface area contributed by atoms with Gasteiger partial charge < -0.3 is 4.98 Å². The molecular weight excluding hydrogens is 336 g/mol. The number of nitrogens with one attached hydrogen (secondary N) is 2. The molecule has 0 aromatic carbocycles. The van der Waals surface area contributed by atoms with E-state index in [1.165, 1.54) is 0 Å². The third kappa shape index (κ3) is 4.10. The van der Waals surface area contributed by atoms with Crippen LogP contribution in [0.25, 0.3) is 11.3 Å². The van der Waals surface area contributed by atoms with Crippen molar-refractivity contribution < 1.29 is 8.42 Å². The molecular formula is C18H26N4O2S. The summed E-state index contributed by atoms with van der Waals surface area (Å²) < 4.78 is 26.7. The predicted molar refractivity (Wildman–Crippen MR) is 98.6 cm³/mol. The van der Waals surface area contributed by atoms with Gasteiger partial charge in [0.1, 0.15) is 5.82 Å². The average molecular weight is 362 g/mol. The maximum absolute atomic E-state index is 12.3. The number of pyridine rings is 1. The van der Waals surface area contributed by atoms with Gasteiger partial charge in [0.25, 0.3) is 0 Å². The van der Waals surface area contributed by atoms with Crippen molar-refractivity contribution in [2.24, 2.45) is 0 Å². The van der Waals surface area contributed by atoms with Crippen molar-refractivity contribution in [3.63, 3.8) is 0 Å². The van der Waals surface area contributed by atoms with Crippen LogP contribution in [0.4, 0.5) is 0 Å². The minimum atomic E-state index is -3.29. The quantitative estimate of drug-likeness (QED) is 0.874. The Labute approximate surface area is 149 Å². The summed E-state index contributed by atoms with van der Waals surface area (Å²) in [6, 6.07) is 3.91. The molecule has 0 radical (unpaired) electrons. The number of sulfonamides is 1. The first-order valence-electron chi connectivity index (χ1n) is 8.74. The Morgan fingerprint density at radius 1 is 1.20 bits per heavy atom. The summed E-state index contributed by atoms with van der Waals surface area (Å²) in [5.41, 5.74) is 1.90. The van der Waals surface area contributed by atoms with E-state index in [0.717, 1.165) is 42.8 Å². The van der Waals surface area contributed by atoms with Gasteiger partial charge in [-0.3, -0.25) is 4.98 Å². The number of rotatable bonds is 4. The fourth-order valence-corrected chi connectivity index (χ4v) is 4.12. The van der Waals surface area contributed by atoms with Gasteiger partial charge in [0.05, 0.1) is 10.4 Å². The zero-order valence-electron chi connectivity index (χ0n) is 15.0. The van der Waals surface area contributed by atoms with E-state index in [9.17, 15) is 8.42 Å². The summed E-state index contributed by atoms with van der Waals surface area (Å²) in [6.45, 7) is 5.18. The SMILES string of the molecule is CC(C)(C)S(=O)(=O)N[C@H]1CC[C@H](c2nc(-c3cccnc3)c[nH]2)CC1. The van der Waals surface area contributed by atoms with Gasteiger partial charge in [0, 0.05) is 36.1 Å². The Balaban J connectivity index is 1.61. The second-order valence-electron chi connectivity index (χ2n) is 7.69. The van der Waals surface area contributed by atoms with E-state index >= 15 is 0 Å². The van der Waals surface area contributed by atoms with Crippen LogP contribution in [0, 0.1) is 0 Å². The molecule has 1 aliphatic rings. The highest BCUT2D eigenvalue weighted by molar-refractivity contribution is 7.90. The van der Waals surface area contributed by atoms with Gasteiger partial charge in [-0.15, -0.1) is 0 Å². The van der Waals surface area contributed by atoms with Crippen LogP contribution in [0.3, 0.4) is 0 Å². The maximum atomic E-state index is 12.3. The molecule has 25 heavy (non-hydrogen) atoms. The molecule has 0 aliphatic heterocycles. The van der Waals surface area contributed by atoms with Crippen LogP contribution in [0.5, 0.6) is 0 Å². The lowest BCUT2D eigenvalue weighted by molar-refractivity contribution is 0.364. The average Bonchev–Trinajstić information content (AvgIpc) is 3.05. The van der Waals surface area contributed by atoms with E-state index in [1.54, 1.807) is 33.2 Å². The molecule has 1 saturated carbocycles. The fourth-order valence-electron chi connectivity index (χ4n) is 3.09. The van der Waals surface area contributed by atoms with E-state index in [4.69, 9.17) is 4.98 Å². The number of aromatic amines is 1. The minimum absolute atomic E-state index is 0.0215. The smallest absolute Gasteiger partial charge is 0.216 e. The monoisotopic (exact) mass is 362 g/mol. The van der Waals surface area contributed by atoms with Gasteiger partial charge in [-0.2, -0.15) is 0 Å². The highest BCUT2D eigenvalue weighted by Gasteiger charge is 2.33. The molecule has 2 aromatic heterocycles. The molecule has 2 aromatic rings. The van der Waals surface area contributed by atoms with Crippen LogP contribution in [0.15, 0.2) is 30.7 Å². The van der Waals surface area contributed by atoms with Crippen molar-refractivity contribution in [3.05, 3.63) is 36.5 Å². The van der Waals surface area contributed by atoms with Crippen LogP contribution in [-0.2, 0) is 10.0 Å². The summed E-state index contributed by atoms with van der Waals surface area (Å²) in [6.07, 6.45) is 9.00. The first-order chi connectivity index (χ1) is 11.8. The molecule has 0 saturated heterocycles. The van der Waals surface area contributed by atoms with Crippen molar-refractivity contribution >= 4 is 10.0 Å². The van der Waals surface area contributed by atoms with Crippen LogP contribution in [-0.4, -0.2) is 34.2 Å². The van der Waals surface area contributed by atoms with Gasteiger partial charge in [-0.05, 0) is 58.6 Å². The maximum Gasteiger partial charge on any atom is 0.216 e. The third-order valence-electron chi connectivity index (χ3n) is 4.80. The molecule has 2 heterocycles. The summed E-state index contributed by atoms with van der Waals surface area (Å²) in [5, 5.41) is 0. The van der Waals surface area contributed by atoms with Crippen LogP contribution >= 0.6 is 0 Å². The molecule has 1 fully saturated rings. The zero-order valence-corrected chi connectivity index (χ0v) is 15.8. The minimum Gasteiger partial charge on any atom is -0.348 e. The second-order valence-corrected chi connectivity index (χ2v) is 10.2. The number of hydrogen-bond donors (Lipinski definition) is 2. The second kappa shape index (κ2) is 6.88. The number of imidazole rings is 1. The molecule has 2 N–H and O–H groups in total. The summed E-state index contributed by atoms with van der Waals surface area (Å²) in [5.74, 6) is 1.33. The zero-order chi connectivity index (χ0) is 18.1. The lowest BCUT2D eigenvalue weighted by Gasteiger charge is -2.30. The van der Waals surface area contributed by atoms with Gasteiger partial charge in [-0.25, -0.2) is 18.1 Å².